The first-order valence-electron chi connectivity index (χ1n) is 8.72. The highest BCUT2D eigenvalue weighted by atomic mass is 35.5. The fourth-order valence-corrected chi connectivity index (χ4v) is 4.69. The first kappa shape index (κ1) is 21.7. The highest BCUT2D eigenvalue weighted by Gasteiger charge is 2.35. The zero-order valence-corrected chi connectivity index (χ0v) is 18.3. The monoisotopic (exact) mass is 411 g/mol. The van der Waals surface area contributed by atoms with Gasteiger partial charge in [-0.15, -0.1) is 0 Å². The molecule has 2 N–H and O–H groups in total. The molecular weight excluding hydrogens is 384 g/mol. The Morgan fingerprint density at radius 1 is 1.11 bits per heavy atom. The Bertz CT molecular complexity index is 858. The van der Waals surface area contributed by atoms with Gasteiger partial charge in [-0.2, -0.15) is 9.27 Å². The molecule has 0 saturated heterocycles. The van der Waals surface area contributed by atoms with Gasteiger partial charge in [0.2, 0.25) is 4.90 Å². The van der Waals surface area contributed by atoms with Crippen LogP contribution >= 0.6 is 11.6 Å². The quantitative estimate of drug-likeness (QED) is 0.638. The number of rotatable bonds is 7. The molecule has 5 nitrogen and oxygen atoms in total. The second-order valence-electron chi connectivity index (χ2n) is 7.01. The maximum absolute atomic E-state index is 13.2. The van der Waals surface area contributed by atoms with E-state index >= 15 is 0 Å². The van der Waals surface area contributed by atoms with Crippen LogP contribution in [0.15, 0.2) is 29.2 Å². The van der Waals surface area contributed by atoms with Gasteiger partial charge in [0.25, 0.3) is 0 Å². The van der Waals surface area contributed by atoms with Crippen LogP contribution in [-0.2, 0) is 14.6 Å². The molecule has 0 spiro atoms. The summed E-state index contributed by atoms with van der Waals surface area (Å²) in [6.07, 6.45) is 0. The fourth-order valence-electron chi connectivity index (χ4n) is 2.82. The number of aryl methyl sites for hydroxylation is 2. The van der Waals surface area contributed by atoms with Gasteiger partial charge < -0.3 is 9.64 Å². The lowest BCUT2D eigenvalue weighted by Crippen LogP contribution is -2.24. The fraction of sp³-hybridized carbons (Fsp3) is 0.400. The molecule has 1 atom stereocenters. The Hall–Kier alpha value is -1.60. The highest BCUT2D eigenvalue weighted by molar-refractivity contribution is 7.99. The van der Waals surface area contributed by atoms with Crippen molar-refractivity contribution in [1.29, 1.82) is 0 Å². The number of halogens is 1. The number of anilines is 1. The van der Waals surface area contributed by atoms with Gasteiger partial charge >= 0.3 is 10.4 Å². The van der Waals surface area contributed by atoms with Gasteiger partial charge in [0, 0.05) is 23.7 Å². The van der Waals surface area contributed by atoms with E-state index < -0.39 is 10.4 Å². The number of hydrogen-bond acceptors (Lipinski definition) is 3. The van der Waals surface area contributed by atoms with E-state index in [9.17, 15) is 8.76 Å². The van der Waals surface area contributed by atoms with E-state index in [0.717, 1.165) is 28.8 Å². The zero-order valence-electron chi connectivity index (χ0n) is 16.7. The summed E-state index contributed by atoms with van der Waals surface area (Å²) in [7, 11) is 0.423. The molecule has 0 aliphatic heterocycles. The molecule has 148 valence electrons. The predicted octanol–water partition coefficient (Wildman–Crippen LogP) is 4.87. The van der Waals surface area contributed by atoms with E-state index in [1.165, 1.54) is 0 Å². The molecule has 2 aromatic carbocycles. The predicted molar refractivity (Wildman–Crippen MR) is 113 cm³/mol. The average Bonchev–Trinajstić information content (AvgIpc) is 2.55. The second kappa shape index (κ2) is 8.61. The number of nitrogens with zero attached hydrogens (tertiary/aromatic N) is 1. The van der Waals surface area contributed by atoms with Crippen molar-refractivity contribution in [2.45, 2.75) is 32.6 Å². The molecule has 0 radical (unpaired) electrons. The average molecular weight is 412 g/mol. The molecule has 1 unspecified atom stereocenters. The standard InChI is InChI=1S/C20H27ClN2O3S/c1-13-11-14(2)16(4)20(15(13)3)27(24,25)22-17-7-8-18(21)19(12-17)26-10-9-23(5)6/h7-8,11-12H,9-10H2,1-6H3,(H-,22,24,25)/p+1. The lowest BCUT2D eigenvalue weighted by atomic mass is 10.0. The SMILES string of the molecule is Cc1cc(C)c(C)c([S+](=O)(O)Nc2ccc(Cl)c(OCCN(C)C)c2)c1C. The number of benzene rings is 2. The molecule has 0 saturated carbocycles. The molecule has 0 fully saturated rings. The lowest BCUT2D eigenvalue weighted by Gasteiger charge is -2.16. The molecule has 0 heterocycles. The Labute approximate surface area is 168 Å². The highest BCUT2D eigenvalue weighted by Crippen LogP contribution is 2.33. The van der Waals surface area contributed by atoms with Crippen LogP contribution in [0.5, 0.6) is 5.75 Å². The van der Waals surface area contributed by atoms with Crippen molar-refractivity contribution in [2.24, 2.45) is 0 Å². The molecule has 0 aromatic heterocycles. The summed E-state index contributed by atoms with van der Waals surface area (Å²) >= 11 is 6.19. The minimum atomic E-state index is -3.49. The van der Waals surface area contributed by atoms with Gasteiger partial charge in [0.15, 0.2) is 0 Å². The molecular formula is C20H28ClN2O3S+. The van der Waals surface area contributed by atoms with Crippen LogP contribution in [0.4, 0.5) is 5.69 Å². The number of ether oxygens (including phenoxy) is 1. The van der Waals surface area contributed by atoms with Gasteiger partial charge in [0.05, 0.1) is 10.7 Å². The third-order valence-electron chi connectivity index (χ3n) is 4.56. The van der Waals surface area contributed by atoms with Gasteiger partial charge in [-0.3, -0.25) is 0 Å². The normalized spacial score (nSPS) is 13.5. The van der Waals surface area contributed by atoms with Crippen molar-refractivity contribution in [2.75, 3.05) is 32.0 Å². The van der Waals surface area contributed by atoms with Crippen molar-refractivity contribution in [3.63, 3.8) is 0 Å². The lowest BCUT2D eigenvalue weighted by molar-refractivity contribution is 0.261. The van der Waals surface area contributed by atoms with Crippen LogP contribution in [0.2, 0.25) is 5.02 Å². The van der Waals surface area contributed by atoms with E-state index in [1.54, 1.807) is 18.2 Å². The van der Waals surface area contributed by atoms with Gasteiger partial charge in [-0.25, -0.2) is 0 Å². The molecule has 2 rings (SSSR count). The molecule has 27 heavy (non-hydrogen) atoms. The second-order valence-corrected chi connectivity index (χ2v) is 9.09. The van der Waals surface area contributed by atoms with Gasteiger partial charge in [-0.05, 0) is 69.3 Å². The van der Waals surface area contributed by atoms with Crippen LogP contribution in [-0.4, -0.2) is 36.7 Å². The Morgan fingerprint density at radius 3 is 2.26 bits per heavy atom. The topological polar surface area (TPSA) is 61.8 Å². The minimum absolute atomic E-state index is 0.435. The smallest absolute Gasteiger partial charge is 0.346 e. The summed E-state index contributed by atoms with van der Waals surface area (Å²) in [6, 6.07) is 7.01. The summed E-state index contributed by atoms with van der Waals surface area (Å²) in [5.41, 5.74) is 4.08. The van der Waals surface area contributed by atoms with Crippen molar-refractivity contribution in [3.05, 3.63) is 51.5 Å². The van der Waals surface area contributed by atoms with Crippen LogP contribution in [0, 0.1) is 27.7 Å². The van der Waals surface area contributed by atoms with Gasteiger partial charge in [0.1, 0.15) is 12.4 Å². The maximum Gasteiger partial charge on any atom is 0.346 e. The first-order chi connectivity index (χ1) is 12.5. The maximum atomic E-state index is 13.2. The third kappa shape index (κ3) is 5.23. The minimum Gasteiger partial charge on any atom is -0.491 e. The van der Waals surface area contributed by atoms with Crippen molar-refractivity contribution < 1.29 is 13.5 Å². The van der Waals surface area contributed by atoms with Crippen molar-refractivity contribution in [1.82, 2.24) is 4.90 Å². The molecule has 0 aliphatic rings. The van der Waals surface area contributed by atoms with E-state index in [1.807, 2.05) is 52.8 Å². The Kier molecular flexibility index (Phi) is 6.92. The molecule has 0 aliphatic carbocycles. The number of hydrogen-bond donors (Lipinski definition) is 2. The van der Waals surface area contributed by atoms with Crippen LogP contribution in [0.25, 0.3) is 0 Å². The molecule has 7 heteroatoms. The summed E-state index contributed by atoms with van der Waals surface area (Å²) in [6.45, 7) is 8.84. The third-order valence-corrected chi connectivity index (χ3v) is 6.55. The van der Waals surface area contributed by atoms with E-state index in [2.05, 4.69) is 4.72 Å². The largest absolute Gasteiger partial charge is 0.491 e. The van der Waals surface area contributed by atoms with E-state index in [-0.39, 0.29) is 0 Å². The Morgan fingerprint density at radius 2 is 1.70 bits per heavy atom. The Balaban J connectivity index is 2.32. The molecule has 2 aromatic rings. The number of nitrogens with one attached hydrogen (secondary N) is 1. The van der Waals surface area contributed by atoms with Crippen molar-refractivity contribution >= 4 is 27.7 Å². The van der Waals surface area contributed by atoms with Crippen LogP contribution in [0.3, 0.4) is 0 Å². The zero-order chi connectivity index (χ0) is 20.4. The van der Waals surface area contributed by atoms with E-state index in [0.29, 0.717) is 28.0 Å². The van der Waals surface area contributed by atoms with Crippen LogP contribution in [0.1, 0.15) is 22.3 Å². The summed E-state index contributed by atoms with van der Waals surface area (Å²) in [5.74, 6) is 0.479. The number of likely N-dealkylation sites (N-methyl/N-ethyl adjacent to an activating group) is 1. The molecule has 0 amide bonds. The summed E-state index contributed by atoms with van der Waals surface area (Å²) < 4.78 is 32.4. The molecule has 0 bridgehead atoms. The van der Waals surface area contributed by atoms with Crippen molar-refractivity contribution in [3.8, 4) is 5.75 Å². The summed E-state index contributed by atoms with van der Waals surface area (Å²) in [5, 5.41) is 0.461. The summed E-state index contributed by atoms with van der Waals surface area (Å²) in [4.78, 5) is 2.44. The van der Waals surface area contributed by atoms with Gasteiger partial charge in [-0.1, -0.05) is 17.7 Å². The van der Waals surface area contributed by atoms with Crippen LogP contribution < -0.4 is 9.46 Å². The van der Waals surface area contributed by atoms with E-state index in [4.69, 9.17) is 16.3 Å². The first-order valence-corrected chi connectivity index (χ1v) is 10.6.